The number of rotatable bonds is 3. The van der Waals surface area contributed by atoms with Crippen molar-refractivity contribution in [3.63, 3.8) is 0 Å². The van der Waals surface area contributed by atoms with E-state index < -0.39 is 17.8 Å². The predicted molar refractivity (Wildman–Crippen MR) is 65.8 cm³/mol. The summed E-state index contributed by atoms with van der Waals surface area (Å²) in [5.74, 6) is -1.72. The quantitative estimate of drug-likeness (QED) is 0.416. The summed E-state index contributed by atoms with van der Waals surface area (Å²) in [7, 11) is 1.61. The van der Waals surface area contributed by atoms with Crippen molar-refractivity contribution in [1.82, 2.24) is 0 Å². The Kier molecular flexibility index (Phi) is 4.09. The third kappa shape index (κ3) is 3.34. The summed E-state index contributed by atoms with van der Waals surface area (Å²) in [6.45, 7) is 2.42. The van der Waals surface area contributed by atoms with E-state index in [2.05, 4.69) is 0 Å². The van der Waals surface area contributed by atoms with Crippen LogP contribution in [0.15, 0.2) is 12.1 Å². The van der Waals surface area contributed by atoms with Crippen LogP contribution < -0.4 is 20.7 Å². The Morgan fingerprint density at radius 1 is 1.11 bits per heavy atom. The molecule has 0 saturated carbocycles. The molecule has 0 unspecified atom stereocenters. The number of ether oxygens (including phenoxy) is 2. The van der Waals surface area contributed by atoms with Gasteiger partial charge in [-0.05, 0) is 11.5 Å². The zero-order chi connectivity index (χ0) is 13.9. The lowest BCUT2D eigenvalue weighted by atomic mass is 9.92. The van der Waals surface area contributed by atoms with Gasteiger partial charge in [0.05, 0.1) is 0 Å². The molecule has 1 aromatic carbocycles. The SMILES string of the molecule is Bc1cc(C(N)=O)cc(OC(C)=O)c1OC(C)=O. The second-order valence-electron chi connectivity index (χ2n) is 3.67. The lowest BCUT2D eigenvalue weighted by Gasteiger charge is -2.12. The Morgan fingerprint density at radius 2 is 1.67 bits per heavy atom. The van der Waals surface area contributed by atoms with Gasteiger partial charge < -0.3 is 15.2 Å². The summed E-state index contributed by atoms with van der Waals surface area (Å²) >= 11 is 0. The number of amides is 1. The highest BCUT2D eigenvalue weighted by molar-refractivity contribution is 6.35. The van der Waals surface area contributed by atoms with Crippen LogP contribution in [0, 0.1) is 0 Å². The highest BCUT2D eigenvalue weighted by Crippen LogP contribution is 2.26. The first kappa shape index (κ1) is 13.8. The number of primary amides is 1. The van der Waals surface area contributed by atoms with Gasteiger partial charge in [0.1, 0.15) is 7.85 Å². The van der Waals surface area contributed by atoms with Gasteiger partial charge in [-0.25, -0.2) is 0 Å². The topological polar surface area (TPSA) is 95.7 Å². The summed E-state index contributed by atoms with van der Waals surface area (Å²) in [5, 5.41) is 0. The van der Waals surface area contributed by atoms with E-state index in [-0.39, 0.29) is 17.1 Å². The molecule has 6 nitrogen and oxygen atoms in total. The molecule has 0 fully saturated rings. The maximum absolute atomic E-state index is 11.1. The molecule has 0 spiro atoms. The second kappa shape index (κ2) is 5.35. The van der Waals surface area contributed by atoms with Gasteiger partial charge in [-0.3, -0.25) is 14.4 Å². The first-order chi connectivity index (χ1) is 8.31. The monoisotopic (exact) mass is 249 g/mol. The van der Waals surface area contributed by atoms with Crippen molar-refractivity contribution in [3.8, 4) is 11.5 Å². The van der Waals surface area contributed by atoms with E-state index in [4.69, 9.17) is 15.2 Å². The van der Waals surface area contributed by atoms with Crippen molar-refractivity contribution in [2.24, 2.45) is 5.73 Å². The minimum absolute atomic E-state index is 0.00787. The molecular formula is C11H12BNO5. The maximum atomic E-state index is 11.1. The summed E-state index contributed by atoms with van der Waals surface area (Å²) in [6.07, 6.45) is 0. The molecule has 0 aliphatic heterocycles. The van der Waals surface area contributed by atoms with Crippen molar-refractivity contribution >= 4 is 31.2 Å². The van der Waals surface area contributed by atoms with E-state index in [1.165, 1.54) is 26.0 Å². The van der Waals surface area contributed by atoms with E-state index in [1.807, 2.05) is 0 Å². The number of benzene rings is 1. The molecule has 7 heteroatoms. The average Bonchev–Trinajstić information content (AvgIpc) is 2.21. The fourth-order valence-electron chi connectivity index (χ4n) is 1.39. The molecular weight excluding hydrogens is 237 g/mol. The van der Waals surface area contributed by atoms with E-state index in [9.17, 15) is 14.4 Å². The zero-order valence-electron chi connectivity index (χ0n) is 10.3. The van der Waals surface area contributed by atoms with Crippen LogP contribution in [0.5, 0.6) is 11.5 Å². The molecule has 0 atom stereocenters. The number of carbonyl (C=O) groups excluding carboxylic acids is 3. The van der Waals surface area contributed by atoms with Crippen LogP contribution >= 0.6 is 0 Å². The third-order valence-corrected chi connectivity index (χ3v) is 2.02. The van der Waals surface area contributed by atoms with Gasteiger partial charge in [-0.15, -0.1) is 0 Å². The molecule has 1 amide bonds. The minimum atomic E-state index is -0.666. The van der Waals surface area contributed by atoms with E-state index in [1.54, 1.807) is 7.85 Å². The summed E-state index contributed by atoms with van der Waals surface area (Å²) in [5.41, 5.74) is 5.78. The highest BCUT2D eigenvalue weighted by atomic mass is 16.6. The van der Waals surface area contributed by atoms with Crippen LogP contribution in [-0.2, 0) is 9.59 Å². The zero-order valence-corrected chi connectivity index (χ0v) is 10.3. The lowest BCUT2D eigenvalue weighted by Crippen LogP contribution is -2.20. The van der Waals surface area contributed by atoms with Crippen molar-refractivity contribution in [2.75, 3.05) is 0 Å². The largest absolute Gasteiger partial charge is 0.423 e. The summed E-state index contributed by atoms with van der Waals surface area (Å²) in [6, 6.07) is 2.71. The maximum Gasteiger partial charge on any atom is 0.308 e. The predicted octanol–water partition coefficient (Wildman–Crippen LogP) is -1.11. The molecule has 0 bridgehead atoms. The van der Waals surface area contributed by atoms with Crippen LogP contribution in [0.3, 0.4) is 0 Å². The number of hydrogen-bond donors (Lipinski definition) is 1. The molecule has 0 saturated heterocycles. The molecule has 0 radical (unpaired) electrons. The van der Waals surface area contributed by atoms with Gasteiger partial charge in [0.25, 0.3) is 0 Å². The average molecular weight is 249 g/mol. The van der Waals surface area contributed by atoms with E-state index >= 15 is 0 Å². The van der Waals surface area contributed by atoms with Crippen LogP contribution in [0.4, 0.5) is 0 Å². The van der Waals surface area contributed by atoms with Crippen molar-refractivity contribution in [3.05, 3.63) is 17.7 Å². The Hall–Kier alpha value is -2.31. The van der Waals surface area contributed by atoms with Gasteiger partial charge in [-0.2, -0.15) is 0 Å². The van der Waals surface area contributed by atoms with Gasteiger partial charge in [-0.1, -0.05) is 6.07 Å². The van der Waals surface area contributed by atoms with Crippen molar-refractivity contribution in [1.29, 1.82) is 0 Å². The van der Waals surface area contributed by atoms with Crippen LogP contribution in [-0.4, -0.2) is 25.7 Å². The number of carbonyl (C=O) groups is 3. The molecule has 0 aliphatic rings. The van der Waals surface area contributed by atoms with Crippen molar-refractivity contribution in [2.45, 2.75) is 13.8 Å². The molecule has 1 rings (SSSR count). The molecule has 0 aliphatic carbocycles. The van der Waals surface area contributed by atoms with Crippen molar-refractivity contribution < 1.29 is 23.9 Å². The molecule has 18 heavy (non-hydrogen) atoms. The molecule has 1 aromatic rings. The fourth-order valence-corrected chi connectivity index (χ4v) is 1.39. The molecule has 94 valence electrons. The summed E-state index contributed by atoms with van der Waals surface area (Å²) in [4.78, 5) is 33.0. The molecule has 0 heterocycles. The normalized spacial score (nSPS) is 9.67. The number of esters is 2. The highest BCUT2D eigenvalue weighted by Gasteiger charge is 2.16. The first-order valence-electron chi connectivity index (χ1n) is 5.12. The van der Waals surface area contributed by atoms with E-state index in [0.29, 0.717) is 5.46 Å². The number of nitrogens with two attached hydrogens (primary N) is 1. The fraction of sp³-hybridized carbons (Fsp3) is 0.182. The van der Waals surface area contributed by atoms with E-state index in [0.717, 1.165) is 0 Å². The minimum Gasteiger partial charge on any atom is -0.423 e. The Balaban J connectivity index is 3.33. The molecule has 2 N–H and O–H groups in total. The molecule has 0 aromatic heterocycles. The summed E-state index contributed by atoms with van der Waals surface area (Å²) < 4.78 is 9.84. The van der Waals surface area contributed by atoms with Crippen LogP contribution in [0.2, 0.25) is 0 Å². The lowest BCUT2D eigenvalue weighted by molar-refractivity contribution is -0.134. The number of hydrogen-bond acceptors (Lipinski definition) is 5. The van der Waals surface area contributed by atoms with Gasteiger partial charge in [0, 0.05) is 19.4 Å². The third-order valence-electron chi connectivity index (χ3n) is 2.02. The standard InChI is InChI=1S/C11H12BNO5/c1-5(14)17-9-4-7(11(13)16)3-8(12)10(9)18-6(2)15/h3-4H,12H2,1-2H3,(H2,13,16). The van der Waals surface area contributed by atoms with Gasteiger partial charge >= 0.3 is 11.9 Å². The van der Waals surface area contributed by atoms with Gasteiger partial charge in [0.15, 0.2) is 11.5 Å². The van der Waals surface area contributed by atoms with Crippen LogP contribution in [0.1, 0.15) is 24.2 Å². The Morgan fingerprint density at radius 3 is 2.11 bits per heavy atom. The smallest absolute Gasteiger partial charge is 0.308 e. The van der Waals surface area contributed by atoms with Crippen LogP contribution in [0.25, 0.3) is 0 Å². The van der Waals surface area contributed by atoms with Gasteiger partial charge in [0.2, 0.25) is 5.91 Å². The Labute approximate surface area is 104 Å². The second-order valence-corrected chi connectivity index (χ2v) is 3.67. The first-order valence-corrected chi connectivity index (χ1v) is 5.12. The Bertz CT molecular complexity index is 526.